The van der Waals surface area contributed by atoms with Crippen LogP contribution in [0.25, 0.3) is 0 Å². The first-order chi connectivity index (χ1) is 7.19. The molecule has 1 N–H and O–H groups in total. The average Bonchev–Trinajstić information content (AvgIpc) is 2.17. The lowest BCUT2D eigenvalue weighted by Crippen LogP contribution is -2.21. The highest BCUT2D eigenvalue weighted by Crippen LogP contribution is 2.24. The number of rotatable bonds is 5. The number of benzene rings is 1. The van der Waals surface area contributed by atoms with E-state index >= 15 is 0 Å². The molecule has 0 spiro atoms. The van der Waals surface area contributed by atoms with E-state index in [1.807, 2.05) is 19.1 Å². The average molecular weight is 274 g/mol. The third-order valence-corrected chi connectivity index (χ3v) is 2.86. The summed E-state index contributed by atoms with van der Waals surface area (Å²) in [4.78, 5) is 0. The van der Waals surface area contributed by atoms with Gasteiger partial charge in [0.15, 0.2) is 0 Å². The molecule has 0 amide bonds. The molecule has 0 saturated carbocycles. The number of halogens is 2. The third-order valence-electron chi connectivity index (χ3n) is 2.37. The highest BCUT2D eigenvalue weighted by molar-refractivity contribution is 9.10. The maximum Gasteiger partial charge on any atom is 0.129 e. The number of hydrogen-bond donors (Lipinski definition) is 1. The molecular weight excluding hydrogens is 257 g/mol. The molecule has 0 bridgehead atoms. The third kappa shape index (κ3) is 3.58. The standard InChI is InChI=1S/C12H17BrFN/c1-3-5-12(15-4-2)10-7-6-9(13)8-11(10)14/h6-8,12,15H,3-5H2,1-2H3. The quantitative estimate of drug-likeness (QED) is 0.854. The Morgan fingerprint density at radius 2 is 2.13 bits per heavy atom. The van der Waals surface area contributed by atoms with Crippen LogP contribution in [0.1, 0.15) is 38.3 Å². The second-order valence-electron chi connectivity index (χ2n) is 3.56. The van der Waals surface area contributed by atoms with Crippen LogP contribution in [0, 0.1) is 5.82 Å². The maximum absolute atomic E-state index is 13.7. The van der Waals surface area contributed by atoms with Crippen LogP contribution in [-0.4, -0.2) is 6.54 Å². The zero-order valence-electron chi connectivity index (χ0n) is 9.19. The van der Waals surface area contributed by atoms with Crippen molar-refractivity contribution in [1.82, 2.24) is 5.32 Å². The summed E-state index contributed by atoms with van der Waals surface area (Å²) in [5.41, 5.74) is 0.766. The molecule has 1 rings (SSSR count). The van der Waals surface area contributed by atoms with Gasteiger partial charge in [0.1, 0.15) is 5.82 Å². The normalized spacial score (nSPS) is 12.8. The van der Waals surface area contributed by atoms with Crippen LogP contribution in [0.4, 0.5) is 4.39 Å². The summed E-state index contributed by atoms with van der Waals surface area (Å²) >= 11 is 3.26. The minimum Gasteiger partial charge on any atom is -0.310 e. The lowest BCUT2D eigenvalue weighted by atomic mass is 10.0. The van der Waals surface area contributed by atoms with Gasteiger partial charge >= 0.3 is 0 Å². The van der Waals surface area contributed by atoms with Gasteiger partial charge in [-0.25, -0.2) is 4.39 Å². The molecule has 15 heavy (non-hydrogen) atoms. The fourth-order valence-electron chi connectivity index (χ4n) is 1.69. The first kappa shape index (κ1) is 12.7. The van der Waals surface area contributed by atoms with E-state index in [4.69, 9.17) is 0 Å². The van der Waals surface area contributed by atoms with E-state index in [0.717, 1.165) is 29.4 Å². The van der Waals surface area contributed by atoms with Crippen molar-refractivity contribution in [3.05, 3.63) is 34.1 Å². The van der Waals surface area contributed by atoms with E-state index in [1.165, 1.54) is 6.07 Å². The monoisotopic (exact) mass is 273 g/mol. The maximum atomic E-state index is 13.7. The van der Waals surface area contributed by atoms with Gasteiger partial charge in [0.05, 0.1) is 0 Å². The van der Waals surface area contributed by atoms with Crippen LogP contribution in [-0.2, 0) is 0 Å². The van der Waals surface area contributed by atoms with E-state index < -0.39 is 0 Å². The first-order valence-electron chi connectivity index (χ1n) is 5.37. The predicted octanol–water partition coefficient (Wildman–Crippen LogP) is 4.04. The van der Waals surface area contributed by atoms with Crippen LogP contribution >= 0.6 is 15.9 Å². The molecule has 0 aromatic heterocycles. The molecule has 1 unspecified atom stereocenters. The molecule has 84 valence electrons. The summed E-state index contributed by atoms with van der Waals surface area (Å²) < 4.78 is 14.5. The van der Waals surface area contributed by atoms with E-state index in [0.29, 0.717) is 0 Å². The Kier molecular flexibility index (Phi) is 5.26. The van der Waals surface area contributed by atoms with Gasteiger partial charge in [-0.3, -0.25) is 0 Å². The summed E-state index contributed by atoms with van der Waals surface area (Å²) in [5, 5.41) is 3.30. The molecule has 0 aliphatic rings. The largest absolute Gasteiger partial charge is 0.310 e. The van der Waals surface area contributed by atoms with Gasteiger partial charge in [-0.1, -0.05) is 42.3 Å². The van der Waals surface area contributed by atoms with E-state index in [9.17, 15) is 4.39 Å². The van der Waals surface area contributed by atoms with Gasteiger partial charge < -0.3 is 5.32 Å². The van der Waals surface area contributed by atoms with Gasteiger partial charge in [0.2, 0.25) is 0 Å². The van der Waals surface area contributed by atoms with Crippen LogP contribution in [0.15, 0.2) is 22.7 Å². The minimum atomic E-state index is -0.135. The van der Waals surface area contributed by atoms with Crippen molar-refractivity contribution in [3.63, 3.8) is 0 Å². The molecule has 0 saturated heterocycles. The molecule has 0 radical (unpaired) electrons. The SMILES string of the molecule is CCCC(NCC)c1ccc(Br)cc1F. The molecule has 3 heteroatoms. The van der Waals surface area contributed by atoms with Crippen molar-refractivity contribution in [2.24, 2.45) is 0 Å². The highest BCUT2D eigenvalue weighted by atomic mass is 79.9. The number of nitrogens with one attached hydrogen (secondary N) is 1. The first-order valence-corrected chi connectivity index (χ1v) is 6.16. The Balaban J connectivity index is 2.89. The van der Waals surface area contributed by atoms with Gasteiger partial charge in [0.25, 0.3) is 0 Å². The predicted molar refractivity (Wildman–Crippen MR) is 65.4 cm³/mol. The Morgan fingerprint density at radius 1 is 1.40 bits per heavy atom. The van der Waals surface area contributed by atoms with Gasteiger partial charge in [-0.15, -0.1) is 0 Å². The van der Waals surface area contributed by atoms with E-state index in [1.54, 1.807) is 0 Å². The second kappa shape index (κ2) is 6.23. The molecule has 1 aromatic rings. The zero-order valence-corrected chi connectivity index (χ0v) is 10.8. The molecule has 1 nitrogen and oxygen atoms in total. The Morgan fingerprint density at radius 3 is 2.67 bits per heavy atom. The van der Waals surface area contributed by atoms with Crippen molar-refractivity contribution in [2.75, 3.05) is 6.54 Å². The van der Waals surface area contributed by atoms with Crippen molar-refractivity contribution < 1.29 is 4.39 Å². The van der Waals surface area contributed by atoms with Gasteiger partial charge in [0, 0.05) is 16.1 Å². The Hall–Kier alpha value is -0.410. The van der Waals surface area contributed by atoms with Crippen molar-refractivity contribution in [2.45, 2.75) is 32.7 Å². The summed E-state index contributed by atoms with van der Waals surface area (Å²) in [5.74, 6) is -0.135. The molecule has 0 aliphatic heterocycles. The smallest absolute Gasteiger partial charge is 0.129 e. The fraction of sp³-hybridized carbons (Fsp3) is 0.500. The van der Waals surface area contributed by atoms with Crippen LogP contribution < -0.4 is 5.32 Å². The summed E-state index contributed by atoms with van der Waals surface area (Å²) in [7, 11) is 0. The highest BCUT2D eigenvalue weighted by Gasteiger charge is 2.13. The molecule has 1 aromatic carbocycles. The van der Waals surface area contributed by atoms with Crippen LogP contribution in [0.2, 0.25) is 0 Å². The minimum absolute atomic E-state index is 0.132. The summed E-state index contributed by atoms with van der Waals surface area (Å²) in [6, 6.07) is 5.39. The van der Waals surface area contributed by atoms with Crippen LogP contribution in [0.5, 0.6) is 0 Å². The van der Waals surface area contributed by atoms with Crippen molar-refractivity contribution >= 4 is 15.9 Å². The lowest BCUT2D eigenvalue weighted by molar-refractivity contribution is 0.480. The van der Waals surface area contributed by atoms with E-state index in [2.05, 4.69) is 28.2 Å². The summed E-state index contributed by atoms with van der Waals surface area (Å²) in [6.45, 7) is 5.01. The molecule has 0 aliphatic carbocycles. The van der Waals surface area contributed by atoms with Crippen LogP contribution in [0.3, 0.4) is 0 Å². The molecular formula is C12H17BrFN. The van der Waals surface area contributed by atoms with Crippen molar-refractivity contribution in [1.29, 1.82) is 0 Å². The molecule has 1 atom stereocenters. The molecule has 0 heterocycles. The van der Waals surface area contributed by atoms with Gasteiger partial charge in [-0.2, -0.15) is 0 Å². The van der Waals surface area contributed by atoms with Gasteiger partial charge in [-0.05, 0) is 25.1 Å². The fourth-order valence-corrected chi connectivity index (χ4v) is 2.02. The van der Waals surface area contributed by atoms with E-state index in [-0.39, 0.29) is 11.9 Å². The summed E-state index contributed by atoms with van der Waals surface area (Å²) in [6.07, 6.45) is 2.01. The van der Waals surface area contributed by atoms with Crippen molar-refractivity contribution in [3.8, 4) is 0 Å². The molecule has 0 fully saturated rings. The number of hydrogen-bond acceptors (Lipinski definition) is 1. The second-order valence-corrected chi connectivity index (χ2v) is 4.48. The Bertz CT molecular complexity index is 308. The topological polar surface area (TPSA) is 12.0 Å². The Labute approximate surface area is 99.2 Å². The zero-order chi connectivity index (χ0) is 11.3. The lowest BCUT2D eigenvalue weighted by Gasteiger charge is -2.18.